The zero-order valence-corrected chi connectivity index (χ0v) is 8.37. The average Bonchev–Trinajstić information content (AvgIpc) is 2.18. The van der Waals surface area contributed by atoms with E-state index in [1.807, 2.05) is 38.1 Å². The number of benzene rings is 1. The van der Waals surface area contributed by atoms with Gasteiger partial charge in [-0.3, -0.25) is 10.2 Å². The number of nitrogens with two attached hydrogens (primary N) is 1. The van der Waals surface area contributed by atoms with Crippen molar-refractivity contribution in [1.82, 2.24) is 5.43 Å². The molecule has 0 spiro atoms. The standard InChI is InChI=1S/C11H14N2O/c1-8-3-5-10(6-4-8)9(2)7-11(14)13-12/h3-7H,12H2,1-2H3,(H,13,14). The van der Waals surface area contributed by atoms with Crippen LogP contribution in [0.15, 0.2) is 30.3 Å². The van der Waals surface area contributed by atoms with Crippen LogP contribution in [0.2, 0.25) is 0 Å². The average molecular weight is 190 g/mol. The molecule has 0 saturated carbocycles. The minimum absolute atomic E-state index is 0.289. The van der Waals surface area contributed by atoms with Crippen molar-refractivity contribution in [3.8, 4) is 0 Å². The van der Waals surface area contributed by atoms with Crippen LogP contribution >= 0.6 is 0 Å². The number of aryl methyl sites for hydroxylation is 1. The molecular formula is C11H14N2O. The molecule has 0 atom stereocenters. The highest BCUT2D eigenvalue weighted by Gasteiger charge is 1.97. The third-order valence-corrected chi connectivity index (χ3v) is 2.00. The predicted molar refractivity (Wildman–Crippen MR) is 57.2 cm³/mol. The summed E-state index contributed by atoms with van der Waals surface area (Å²) in [6.45, 7) is 3.90. The molecule has 1 amide bonds. The highest BCUT2D eigenvalue weighted by molar-refractivity contribution is 5.94. The molecule has 0 aliphatic carbocycles. The minimum atomic E-state index is -0.289. The van der Waals surface area contributed by atoms with Gasteiger partial charge in [0.05, 0.1) is 0 Å². The van der Waals surface area contributed by atoms with E-state index in [1.54, 1.807) is 0 Å². The predicted octanol–water partition coefficient (Wildman–Crippen LogP) is 1.39. The molecule has 0 aromatic heterocycles. The van der Waals surface area contributed by atoms with Crippen LogP contribution < -0.4 is 11.3 Å². The van der Waals surface area contributed by atoms with E-state index >= 15 is 0 Å². The SMILES string of the molecule is CC(=CC(=O)NN)c1ccc(C)cc1. The molecule has 0 fully saturated rings. The number of hydrogen-bond donors (Lipinski definition) is 2. The van der Waals surface area contributed by atoms with Crippen molar-refractivity contribution < 1.29 is 4.79 Å². The van der Waals surface area contributed by atoms with Crippen LogP contribution in [-0.4, -0.2) is 5.91 Å². The van der Waals surface area contributed by atoms with Crippen LogP contribution in [0.25, 0.3) is 5.57 Å². The Kier molecular flexibility index (Phi) is 3.42. The molecule has 0 heterocycles. The van der Waals surface area contributed by atoms with Gasteiger partial charge in [-0.05, 0) is 25.0 Å². The Bertz CT molecular complexity index is 352. The lowest BCUT2D eigenvalue weighted by atomic mass is 10.1. The van der Waals surface area contributed by atoms with E-state index in [2.05, 4.69) is 5.43 Å². The van der Waals surface area contributed by atoms with Crippen LogP contribution in [0.1, 0.15) is 18.1 Å². The van der Waals surface area contributed by atoms with Gasteiger partial charge in [0.15, 0.2) is 0 Å². The molecule has 0 saturated heterocycles. The third-order valence-electron chi connectivity index (χ3n) is 2.00. The summed E-state index contributed by atoms with van der Waals surface area (Å²) in [5.41, 5.74) is 5.18. The second kappa shape index (κ2) is 4.58. The van der Waals surface area contributed by atoms with E-state index < -0.39 is 0 Å². The summed E-state index contributed by atoms with van der Waals surface area (Å²) in [5, 5.41) is 0. The number of allylic oxidation sites excluding steroid dienone is 1. The number of hydrazine groups is 1. The van der Waals surface area contributed by atoms with Gasteiger partial charge in [0, 0.05) is 6.08 Å². The van der Waals surface area contributed by atoms with Crippen LogP contribution in [0.4, 0.5) is 0 Å². The molecule has 1 rings (SSSR count). The molecule has 0 radical (unpaired) electrons. The van der Waals surface area contributed by atoms with Gasteiger partial charge in [-0.15, -0.1) is 0 Å². The summed E-state index contributed by atoms with van der Waals surface area (Å²) in [6.07, 6.45) is 1.48. The molecule has 3 N–H and O–H groups in total. The maximum atomic E-state index is 10.9. The summed E-state index contributed by atoms with van der Waals surface area (Å²) in [6, 6.07) is 7.97. The first-order chi connectivity index (χ1) is 6.63. The molecule has 1 aromatic carbocycles. The molecule has 0 aliphatic heterocycles. The van der Waals surface area contributed by atoms with E-state index in [9.17, 15) is 4.79 Å². The van der Waals surface area contributed by atoms with Crippen molar-refractivity contribution in [1.29, 1.82) is 0 Å². The van der Waals surface area contributed by atoms with Gasteiger partial charge in [0.1, 0.15) is 0 Å². The summed E-state index contributed by atoms with van der Waals surface area (Å²) >= 11 is 0. The maximum Gasteiger partial charge on any atom is 0.258 e. The Morgan fingerprint density at radius 3 is 2.43 bits per heavy atom. The molecule has 0 bridgehead atoms. The number of amides is 1. The van der Waals surface area contributed by atoms with E-state index in [-0.39, 0.29) is 5.91 Å². The zero-order valence-electron chi connectivity index (χ0n) is 8.37. The van der Waals surface area contributed by atoms with E-state index in [4.69, 9.17) is 5.84 Å². The fourth-order valence-corrected chi connectivity index (χ4v) is 1.14. The fraction of sp³-hybridized carbons (Fsp3) is 0.182. The Hall–Kier alpha value is -1.61. The van der Waals surface area contributed by atoms with E-state index in [0.29, 0.717) is 0 Å². The quantitative estimate of drug-likeness (QED) is 0.320. The molecule has 3 heteroatoms. The Balaban J connectivity index is 2.89. The Labute approximate surface area is 83.6 Å². The largest absolute Gasteiger partial charge is 0.291 e. The van der Waals surface area contributed by atoms with Crippen molar-refractivity contribution in [3.63, 3.8) is 0 Å². The maximum absolute atomic E-state index is 10.9. The Morgan fingerprint density at radius 2 is 1.93 bits per heavy atom. The molecule has 3 nitrogen and oxygen atoms in total. The van der Waals surface area contributed by atoms with Crippen LogP contribution in [0.5, 0.6) is 0 Å². The number of carbonyl (C=O) groups is 1. The summed E-state index contributed by atoms with van der Waals surface area (Å²) in [4.78, 5) is 10.9. The first kappa shape index (κ1) is 10.5. The Morgan fingerprint density at radius 1 is 1.36 bits per heavy atom. The van der Waals surface area contributed by atoms with Gasteiger partial charge < -0.3 is 0 Å². The fourth-order valence-electron chi connectivity index (χ4n) is 1.14. The number of nitrogens with one attached hydrogen (secondary N) is 1. The van der Waals surface area contributed by atoms with E-state index in [0.717, 1.165) is 11.1 Å². The highest BCUT2D eigenvalue weighted by Crippen LogP contribution is 2.13. The second-order valence-corrected chi connectivity index (χ2v) is 3.20. The van der Waals surface area contributed by atoms with Gasteiger partial charge in [0.2, 0.25) is 0 Å². The highest BCUT2D eigenvalue weighted by atomic mass is 16.2. The van der Waals surface area contributed by atoms with Gasteiger partial charge in [-0.2, -0.15) is 0 Å². The second-order valence-electron chi connectivity index (χ2n) is 3.20. The van der Waals surface area contributed by atoms with Crippen molar-refractivity contribution in [2.75, 3.05) is 0 Å². The number of hydrogen-bond acceptors (Lipinski definition) is 2. The zero-order chi connectivity index (χ0) is 10.6. The molecule has 0 unspecified atom stereocenters. The molecule has 0 aliphatic rings. The lowest BCUT2D eigenvalue weighted by Gasteiger charge is -2.01. The lowest BCUT2D eigenvalue weighted by molar-refractivity contribution is -0.116. The molecule has 14 heavy (non-hydrogen) atoms. The summed E-state index contributed by atoms with van der Waals surface area (Å²) < 4.78 is 0. The summed E-state index contributed by atoms with van der Waals surface area (Å²) in [5.74, 6) is 4.69. The normalized spacial score (nSPS) is 11.2. The van der Waals surface area contributed by atoms with Gasteiger partial charge in [-0.25, -0.2) is 5.84 Å². The minimum Gasteiger partial charge on any atom is -0.291 e. The van der Waals surface area contributed by atoms with Crippen LogP contribution in [0.3, 0.4) is 0 Å². The number of carbonyl (C=O) groups excluding carboxylic acids is 1. The van der Waals surface area contributed by atoms with Gasteiger partial charge >= 0.3 is 0 Å². The molecule has 1 aromatic rings. The van der Waals surface area contributed by atoms with Crippen molar-refractivity contribution in [3.05, 3.63) is 41.5 Å². The topological polar surface area (TPSA) is 55.1 Å². The van der Waals surface area contributed by atoms with Crippen molar-refractivity contribution in [2.45, 2.75) is 13.8 Å². The van der Waals surface area contributed by atoms with Crippen LogP contribution in [-0.2, 0) is 4.79 Å². The monoisotopic (exact) mass is 190 g/mol. The van der Waals surface area contributed by atoms with Crippen molar-refractivity contribution in [2.24, 2.45) is 5.84 Å². The first-order valence-corrected chi connectivity index (χ1v) is 4.39. The van der Waals surface area contributed by atoms with Crippen LogP contribution in [0, 0.1) is 6.92 Å². The van der Waals surface area contributed by atoms with Gasteiger partial charge in [0.25, 0.3) is 5.91 Å². The smallest absolute Gasteiger partial charge is 0.258 e. The first-order valence-electron chi connectivity index (χ1n) is 4.39. The van der Waals surface area contributed by atoms with E-state index in [1.165, 1.54) is 11.6 Å². The summed E-state index contributed by atoms with van der Waals surface area (Å²) in [7, 11) is 0. The van der Waals surface area contributed by atoms with Gasteiger partial charge in [-0.1, -0.05) is 29.8 Å². The molecular weight excluding hydrogens is 176 g/mol. The number of rotatable bonds is 2. The lowest BCUT2D eigenvalue weighted by Crippen LogP contribution is -2.28. The third kappa shape index (κ3) is 2.71. The van der Waals surface area contributed by atoms with Crippen molar-refractivity contribution >= 4 is 11.5 Å². The molecule has 74 valence electrons.